The number of methoxy groups -OCH3 is 1. The molecular weight excluding hydrogens is 323 g/mol. The molecule has 2 rings (SSSR count). The minimum atomic E-state index is -3.62. The number of ether oxygens (including phenoxy) is 1. The number of nitrogens with two attached hydrogens (primary N) is 1. The van der Waals surface area contributed by atoms with E-state index >= 15 is 0 Å². The Morgan fingerprint density at radius 1 is 1.50 bits per heavy atom. The number of hydrogen-bond donors (Lipinski definition) is 1. The third kappa shape index (κ3) is 3.20. The van der Waals surface area contributed by atoms with E-state index in [0.29, 0.717) is 18.8 Å². The van der Waals surface area contributed by atoms with Gasteiger partial charge in [-0.25, -0.2) is 8.42 Å². The van der Waals surface area contributed by atoms with E-state index in [4.69, 9.17) is 22.1 Å². The van der Waals surface area contributed by atoms with Crippen molar-refractivity contribution >= 4 is 34.0 Å². The van der Waals surface area contributed by atoms with Gasteiger partial charge in [0.25, 0.3) is 0 Å². The molecule has 8 heteroatoms. The predicted molar refractivity (Wildman–Crippen MR) is 81.2 cm³/mol. The van der Waals surface area contributed by atoms with E-state index in [1.807, 2.05) is 0 Å². The van der Waals surface area contributed by atoms with Crippen molar-refractivity contribution in [2.75, 3.05) is 20.2 Å². The van der Waals surface area contributed by atoms with Crippen molar-refractivity contribution < 1.29 is 13.2 Å². The molecule has 1 unspecified atom stereocenters. The van der Waals surface area contributed by atoms with E-state index in [0.717, 1.165) is 12.8 Å². The second-order valence-corrected chi connectivity index (χ2v) is 6.71. The second kappa shape index (κ2) is 6.95. The fraction of sp³-hybridized carbons (Fsp3) is 0.500. The molecular formula is C12H18Cl2N2O3S. The summed E-state index contributed by atoms with van der Waals surface area (Å²) in [6, 6.07) is 4.46. The first-order valence-electron chi connectivity index (χ1n) is 6.06. The van der Waals surface area contributed by atoms with Crippen molar-refractivity contribution in [2.24, 2.45) is 5.73 Å². The average Bonchev–Trinajstić information content (AvgIpc) is 2.88. The Morgan fingerprint density at radius 3 is 2.80 bits per heavy atom. The maximum absolute atomic E-state index is 12.6. The van der Waals surface area contributed by atoms with Gasteiger partial charge in [-0.3, -0.25) is 0 Å². The van der Waals surface area contributed by atoms with E-state index in [9.17, 15) is 8.42 Å². The first-order chi connectivity index (χ1) is 9.00. The maximum atomic E-state index is 12.6. The van der Waals surface area contributed by atoms with Crippen LogP contribution in [0.3, 0.4) is 0 Å². The zero-order valence-electron chi connectivity index (χ0n) is 11.1. The molecule has 5 nitrogen and oxygen atoms in total. The van der Waals surface area contributed by atoms with Gasteiger partial charge in [-0.15, -0.1) is 12.4 Å². The maximum Gasteiger partial charge on any atom is 0.244 e. The molecule has 1 saturated heterocycles. The lowest BCUT2D eigenvalue weighted by Crippen LogP contribution is -2.39. The van der Waals surface area contributed by atoms with Crippen LogP contribution >= 0.6 is 24.0 Å². The molecule has 0 aromatic heterocycles. The Bertz CT molecular complexity index is 566. The lowest BCUT2D eigenvalue weighted by atomic mass is 10.2. The average molecular weight is 341 g/mol. The number of nitrogens with zero attached hydrogens (tertiary/aromatic N) is 1. The molecule has 0 amide bonds. The van der Waals surface area contributed by atoms with Gasteiger partial charge in [-0.05, 0) is 25.0 Å². The van der Waals surface area contributed by atoms with Crippen molar-refractivity contribution in [2.45, 2.75) is 23.8 Å². The number of hydrogen-bond acceptors (Lipinski definition) is 4. The standard InChI is InChI=1S/C12H17ClN2O3S.ClH/c1-18-10-4-5-11(13)12(7-10)19(16,17)15-6-2-3-9(15)8-14;/h4-5,7,9H,2-3,6,8,14H2,1H3;1H. The molecule has 20 heavy (non-hydrogen) atoms. The number of benzene rings is 1. The summed E-state index contributed by atoms with van der Waals surface area (Å²) in [5.74, 6) is 0.464. The lowest BCUT2D eigenvalue weighted by Gasteiger charge is -2.23. The number of halogens is 2. The molecule has 0 aliphatic carbocycles. The fourth-order valence-corrected chi connectivity index (χ4v) is 4.49. The van der Waals surface area contributed by atoms with Gasteiger partial charge in [0, 0.05) is 25.2 Å². The van der Waals surface area contributed by atoms with Crippen molar-refractivity contribution in [3.63, 3.8) is 0 Å². The van der Waals surface area contributed by atoms with Crippen LogP contribution in [0.15, 0.2) is 23.1 Å². The van der Waals surface area contributed by atoms with Crippen LogP contribution in [0.4, 0.5) is 0 Å². The molecule has 0 spiro atoms. The second-order valence-electron chi connectivity index (χ2n) is 4.44. The van der Waals surface area contributed by atoms with Crippen LogP contribution in [-0.4, -0.2) is 39.0 Å². The highest BCUT2D eigenvalue weighted by Gasteiger charge is 2.35. The number of sulfonamides is 1. The van der Waals surface area contributed by atoms with Gasteiger partial charge in [0.1, 0.15) is 10.6 Å². The third-order valence-electron chi connectivity index (χ3n) is 3.32. The smallest absolute Gasteiger partial charge is 0.244 e. The van der Waals surface area contributed by atoms with E-state index in [1.165, 1.54) is 23.5 Å². The zero-order valence-corrected chi connectivity index (χ0v) is 13.5. The fourth-order valence-electron chi connectivity index (χ4n) is 2.30. The third-order valence-corrected chi connectivity index (χ3v) is 5.75. The van der Waals surface area contributed by atoms with Crippen LogP contribution in [-0.2, 0) is 10.0 Å². The summed E-state index contributed by atoms with van der Waals surface area (Å²) in [6.45, 7) is 0.804. The molecule has 2 N–H and O–H groups in total. The van der Waals surface area contributed by atoms with Gasteiger partial charge in [-0.1, -0.05) is 11.6 Å². The van der Waals surface area contributed by atoms with Crippen molar-refractivity contribution in [3.8, 4) is 5.75 Å². The normalized spacial score (nSPS) is 19.6. The minimum absolute atomic E-state index is 0. The summed E-state index contributed by atoms with van der Waals surface area (Å²) in [6.07, 6.45) is 1.61. The van der Waals surface area contributed by atoms with Gasteiger partial charge in [0.15, 0.2) is 0 Å². The molecule has 1 aromatic carbocycles. The molecule has 0 radical (unpaired) electrons. The van der Waals surface area contributed by atoms with Gasteiger partial charge in [0.05, 0.1) is 12.1 Å². The molecule has 1 fully saturated rings. The van der Waals surface area contributed by atoms with Crippen LogP contribution in [0.1, 0.15) is 12.8 Å². The van der Waals surface area contributed by atoms with Crippen LogP contribution in [0, 0.1) is 0 Å². The quantitative estimate of drug-likeness (QED) is 0.908. The van der Waals surface area contributed by atoms with Crippen LogP contribution in [0.25, 0.3) is 0 Å². The summed E-state index contributed by atoms with van der Waals surface area (Å²) in [5.41, 5.74) is 5.63. The van der Waals surface area contributed by atoms with E-state index in [1.54, 1.807) is 6.07 Å². The molecule has 0 bridgehead atoms. The molecule has 1 aromatic rings. The van der Waals surface area contributed by atoms with Crippen molar-refractivity contribution in [1.29, 1.82) is 0 Å². The SMILES string of the molecule is COc1ccc(Cl)c(S(=O)(=O)N2CCCC2CN)c1.Cl. The summed E-state index contributed by atoms with van der Waals surface area (Å²) >= 11 is 6.01. The Kier molecular flexibility index (Phi) is 6.09. The Hall–Kier alpha value is -0.530. The highest BCUT2D eigenvalue weighted by Crippen LogP contribution is 2.32. The van der Waals surface area contributed by atoms with Gasteiger partial charge in [-0.2, -0.15) is 4.31 Å². The molecule has 114 valence electrons. The highest BCUT2D eigenvalue weighted by atomic mass is 35.5. The van der Waals surface area contributed by atoms with Crippen LogP contribution in [0.5, 0.6) is 5.75 Å². The van der Waals surface area contributed by atoms with Crippen molar-refractivity contribution in [3.05, 3.63) is 23.2 Å². The minimum Gasteiger partial charge on any atom is -0.497 e. The van der Waals surface area contributed by atoms with Gasteiger partial charge < -0.3 is 10.5 Å². The zero-order chi connectivity index (χ0) is 14.0. The monoisotopic (exact) mass is 340 g/mol. The largest absolute Gasteiger partial charge is 0.497 e. The van der Waals surface area contributed by atoms with Gasteiger partial charge in [0.2, 0.25) is 10.0 Å². The molecule has 1 atom stereocenters. The first kappa shape index (κ1) is 17.5. The van der Waals surface area contributed by atoms with Crippen LogP contribution in [0.2, 0.25) is 5.02 Å². The molecule has 0 saturated carbocycles. The lowest BCUT2D eigenvalue weighted by molar-refractivity contribution is 0.391. The van der Waals surface area contributed by atoms with Crippen LogP contribution < -0.4 is 10.5 Å². The topological polar surface area (TPSA) is 72.6 Å². The summed E-state index contributed by atoms with van der Waals surface area (Å²) in [4.78, 5) is 0.0777. The molecule has 1 aliphatic heterocycles. The van der Waals surface area contributed by atoms with E-state index < -0.39 is 10.0 Å². The Balaban J connectivity index is 0.00000200. The Morgan fingerprint density at radius 2 is 2.20 bits per heavy atom. The van der Waals surface area contributed by atoms with Crippen molar-refractivity contribution in [1.82, 2.24) is 4.31 Å². The molecule has 1 aliphatic rings. The predicted octanol–water partition coefficient (Wildman–Crippen LogP) is 1.88. The van der Waals surface area contributed by atoms with Gasteiger partial charge >= 0.3 is 0 Å². The molecule has 1 heterocycles. The summed E-state index contributed by atoms with van der Waals surface area (Å²) in [5, 5.41) is 0.198. The first-order valence-corrected chi connectivity index (χ1v) is 7.88. The highest BCUT2D eigenvalue weighted by molar-refractivity contribution is 7.89. The Labute approximate surface area is 130 Å². The summed E-state index contributed by atoms with van der Waals surface area (Å²) in [7, 11) is -2.14. The number of rotatable bonds is 4. The van der Waals surface area contributed by atoms with E-state index in [2.05, 4.69) is 0 Å². The van der Waals surface area contributed by atoms with E-state index in [-0.39, 0.29) is 28.4 Å². The summed E-state index contributed by atoms with van der Waals surface area (Å²) < 4.78 is 31.7.